The molecule has 6 nitrogen and oxygen atoms in total. The van der Waals surface area contributed by atoms with Crippen LogP contribution in [0.5, 0.6) is 0 Å². The van der Waals surface area contributed by atoms with Crippen molar-refractivity contribution in [1.29, 1.82) is 0 Å². The summed E-state index contributed by atoms with van der Waals surface area (Å²) in [5.41, 5.74) is 0.754. The van der Waals surface area contributed by atoms with E-state index >= 15 is 0 Å². The van der Waals surface area contributed by atoms with Crippen LogP contribution in [0.15, 0.2) is 18.5 Å². The normalized spacial score (nSPS) is 16.4. The van der Waals surface area contributed by atoms with Gasteiger partial charge in [0.2, 0.25) is 0 Å². The first-order valence-corrected chi connectivity index (χ1v) is 9.55. The third-order valence-corrected chi connectivity index (χ3v) is 5.99. The van der Waals surface area contributed by atoms with E-state index in [1.54, 1.807) is 18.5 Å². The number of nitrogens with zero attached hydrogens (tertiary/aromatic N) is 5. The van der Waals surface area contributed by atoms with Gasteiger partial charge in [0.05, 0.1) is 5.69 Å². The van der Waals surface area contributed by atoms with Crippen molar-refractivity contribution in [1.82, 2.24) is 24.8 Å². The summed E-state index contributed by atoms with van der Waals surface area (Å²) in [6.07, 6.45) is 5.42. The van der Waals surface area contributed by atoms with Crippen molar-refractivity contribution in [2.45, 2.75) is 45.7 Å². The fourth-order valence-corrected chi connectivity index (χ4v) is 4.21. The number of likely N-dealkylation sites (tertiary alicyclic amines) is 1. The molecule has 1 amide bonds. The molecule has 0 aliphatic carbocycles. The number of hydrogen-bond acceptors (Lipinski definition) is 6. The summed E-state index contributed by atoms with van der Waals surface area (Å²) in [6, 6.07) is 2.63. The fraction of sp³-hybridized carbons (Fsp3) is 0.556. The number of rotatable bonds is 4. The molecule has 25 heavy (non-hydrogen) atoms. The topological polar surface area (TPSA) is 62.2 Å². The predicted octanol–water partition coefficient (Wildman–Crippen LogP) is 2.85. The van der Waals surface area contributed by atoms with Crippen molar-refractivity contribution in [3.8, 4) is 10.8 Å². The van der Waals surface area contributed by atoms with Crippen molar-refractivity contribution < 1.29 is 4.79 Å². The Hall–Kier alpha value is -1.86. The van der Waals surface area contributed by atoms with Gasteiger partial charge in [0.15, 0.2) is 10.8 Å². The van der Waals surface area contributed by atoms with Gasteiger partial charge in [-0.25, -0.2) is 15.0 Å². The molecule has 1 aliphatic heterocycles. The molecular formula is C18H25N5OS. The maximum Gasteiger partial charge on any atom is 0.265 e. The Kier molecular flexibility index (Phi) is 5.44. The molecule has 2 aromatic rings. The van der Waals surface area contributed by atoms with Gasteiger partial charge in [0, 0.05) is 44.6 Å². The van der Waals surface area contributed by atoms with Crippen molar-refractivity contribution in [2.24, 2.45) is 0 Å². The van der Waals surface area contributed by atoms with Crippen molar-refractivity contribution >= 4 is 17.2 Å². The molecule has 1 saturated heterocycles. The second kappa shape index (κ2) is 7.58. The van der Waals surface area contributed by atoms with Gasteiger partial charge in [-0.3, -0.25) is 4.79 Å². The lowest BCUT2D eigenvalue weighted by molar-refractivity contribution is 0.0619. The van der Waals surface area contributed by atoms with Gasteiger partial charge in [0.1, 0.15) is 4.88 Å². The van der Waals surface area contributed by atoms with Crippen LogP contribution >= 0.6 is 11.3 Å². The van der Waals surface area contributed by atoms with Gasteiger partial charge in [-0.05, 0) is 39.7 Å². The first-order chi connectivity index (χ1) is 12.0. The third-order valence-electron chi connectivity index (χ3n) is 4.85. The molecule has 3 rings (SSSR count). The largest absolute Gasteiger partial charge is 0.338 e. The molecule has 2 aromatic heterocycles. The van der Waals surface area contributed by atoms with E-state index in [1.165, 1.54) is 11.3 Å². The highest BCUT2D eigenvalue weighted by Gasteiger charge is 2.29. The maximum absolute atomic E-state index is 13.0. The number of hydrogen-bond donors (Lipinski definition) is 0. The highest BCUT2D eigenvalue weighted by Crippen LogP contribution is 2.27. The molecule has 0 atom stereocenters. The Bertz CT molecular complexity index is 722. The predicted molar refractivity (Wildman–Crippen MR) is 99.7 cm³/mol. The Balaban J connectivity index is 1.72. The standard InChI is InChI=1S/C18H25N5OS/c1-12(2)23-10-6-14(7-11-23)22(4)18(24)15-13(3)21-17(25-15)16-19-8-5-9-20-16/h5,8-9,12,14H,6-7,10-11H2,1-4H3. The smallest absolute Gasteiger partial charge is 0.265 e. The molecule has 0 spiro atoms. The van der Waals surface area contributed by atoms with E-state index in [9.17, 15) is 4.79 Å². The molecule has 134 valence electrons. The van der Waals surface area contributed by atoms with E-state index < -0.39 is 0 Å². The van der Waals surface area contributed by atoms with Crippen LogP contribution in [-0.4, -0.2) is 62.9 Å². The van der Waals surface area contributed by atoms with Gasteiger partial charge in [-0.15, -0.1) is 11.3 Å². The Morgan fingerprint density at radius 3 is 2.52 bits per heavy atom. The first-order valence-electron chi connectivity index (χ1n) is 8.73. The molecule has 0 radical (unpaired) electrons. The molecule has 0 aromatic carbocycles. The molecule has 1 fully saturated rings. The third kappa shape index (κ3) is 3.88. The fourth-order valence-electron chi connectivity index (χ4n) is 3.22. The zero-order chi connectivity index (χ0) is 18.0. The summed E-state index contributed by atoms with van der Waals surface area (Å²) >= 11 is 1.38. The van der Waals surface area contributed by atoms with E-state index in [0.29, 0.717) is 27.8 Å². The van der Waals surface area contributed by atoms with Crippen LogP contribution in [0.3, 0.4) is 0 Å². The highest BCUT2D eigenvalue weighted by atomic mass is 32.1. The first kappa shape index (κ1) is 17.9. The molecular weight excluding hydrogens is 334 g/mol. The summed E-state index contributed by atoms with van der Waals surface area (Å²) in [5.74, 6) is 0.628. The lowest BCUT2D eigenvalue weighted by atomic mass is 10.0. The Morgan fingerprint density at radius 1 is 1.28 bits per heavy atom. The average molecular weight is 359 g/mol. The zero-order valence-electron chi connectivity index (χ0n) is 15.3. The van der Waals surface area contributed by atoms with Gasteiger partial charge in [-0.2, -0.15) is 0 Å². The van der Waals surface area contributed by atoms with Crippen LogP contribution < -0.4 is 0 Å². The Labute approximate surface area is 152 Å². The SMILES string of the molecule is Cc1nc(-c2ncccn2)sc1C(=O)N(C)C1CCN(C(C)C)CC1. The average Bonchev–Trinajstić information content (AvgIpc) is 3.03. The number of carbonyl (C=O) groups is 1. The maximum atomic E-state index is 13.0. The summed E-state index contributed by atoms with van der Waals surface area (Å²) < 4.78 is 0. The van der Waals surface area contributed by atoms with Crippen LogP contribution in [0.1, 0.15) is 42.1 Å². The van der Waals surface area contributed by atoms with Crippen LogP contribution in [0, 0.1) is 6.92 Å². The minimum absolute atomic E-state index is 0.0557. The molecule has 3 heterocycles. The number of aryl methyl sites for hydroxylation is 1. The number of piperidine rings is 1. The summed E-state index contributed by atoms with van der Waals surface area (Å²) in [4.78, 5) is 31.0. The number of thiazole rings is 1. The van der Waals surface area contributed by atoms with Crippen LogP contribution in [0.25, 0.3) is 10.8 Å². The molecule has 7 heteroatoms. The van der Waals surface area contributed by atoms with Crippen molar-refractivity contribution in [3.63, 3.8) is 0 Å². The number of carbonyl (C=O) groups excluding carboxylic acids is 1. The molecule has 0 N–H and O–H groups in total. The van der Waals surface area contributed by atoms with Crippen LogP contribution in [-0.2, 0) is 0 Å². The lowest BCUT2D eigenvalue weighted by Gasteiger charge is -2.38. The summed E-state index contributed by atoms with van der Waals surface area (Å²) in [6.45, 7) is 8.42. The van der Waals surface area contributed by atoms with Crippen molar-refractivity contribution in [3.05, 3.63) is 29.0 Å². The summed E-state index contributed by atoms with van der Waals surface area (Å²) in [5, 5.41) is 0.699. The molecule has 0 bridgehead atoms. The lowest BCUT2D eigenvalue weighted by Crippen LogP contribution is -2.47. The summed E-state index contributed by atoms with van der Waals surface area (Å²) in [7, 11) is 1.91. The van der Waals surface area contributed by atoms with E-state index in [0.717, 1.165) is 31.6 Å². The van der Waals surface area contributed by atoms with Gasteiger partial charge in [-0.1, -0.05) is 0 Å². The van der Waals surface area contributed by atoms with Crippen LogP contribution in [0.2, 0.25) is 0 Å². The van der Waals surface area contributed by atoms with Gasteiger partial charge in [0.25, 0.3) is 5.91 Å². The van der Waals surface area contributed by atoms with Crippen LogP contribution in [0.4, 0.5) is 0 Å². The molecule has 0 saturated carbocycles. The van der Waals surface area contributed by atoms with Crippen molar-refractivity contribution in [2.75, 3.05) is 20.1 Å². The highest BCUT2D eigenvalue weighted by molar-refractivity contribution is 7.17. The van der Waals surface area contributed by atoms with Gasteiger partial charge >= 0.3 is 0 Å². The minimum atomic E-state index is 0.0557. The van der Waals surface area contributed by atoms with E-state index in [-0.39, 0.29) is 5.91 Å². The zero-order valence-corrected chi connectivity index (χ0v) is 16.1. The van der Waals surface area contributed by atoms with Gasteiger partial charge < -0.3 is 9.80 Å². The molecule has 0 unspecified atom stereocenters. The van der Waals surface area contributed by atoms with E-state index in [2.05, 4.69) is 33.7 Å². The number of aromatic nitrogens is 3. The van der Waals surface area contributed by atoms with E-state index in [4.69, 9.17) is 0 Å². The Morgan fingerprint density at radius 2 is 1.92 bits per heavy atom. The molecule has 1 aliphatic rings. The monoisotopic (exact) mass is 359 g/mol. The second-order valence-electron chi connectivity index (χ2n) is 6.78. The number of amides is 1. The minimum Gasteiger partial charge on any atom is -0.338 e. The quantitative estimate of drug-likeness (QED) is 0.840. The second-order valence-corrected chi connectivity index (χ2v) is 7.78. The van der Waals surface area contributed by atoms with E-state index in [1.807, 2.05) is 18.9 Å².